The van der Waals surface area contributed by atoms with Gasteiger partial charge in [0.15, 0.2) is 0 Å². The van der Waals surface area contributed by atoms with Gasteiger partial charge in [0, 0.05) is 37.5 Å². The summed E-state index contributed by atoms with van der Waals surface area (Å²) < 4.78 is 5.27. The molecule has 4 heteroatoms. The predicted molar refractivity (Wildman–Crippen MR) is 60.8 cm³/mol. The Hall–Kier alpha value is -0.870. The normalized spacial score (nSPS) is 11.2. The molecule has 0 aromatic carbocycles. The van der Waals surface area contributed by atoms with Gasteiger partial charge in [-0.3, -0.25) is 0 Å². The Kier molecular flexibility index (Phi) is 5.36. The lowest BCUT2D eigenvalue weighted by atomic mass is 10.3. The van der Waals surface area contributed by atoms with Gasteiger partial charge in [-0.2, -0.15) is 0 Å². The fraction of sp³-hybridized carbons (Fsp3) is 0.727. The van der Waals surface area contributed by atoms with Gasteiger partial charge in [-0.1, -0.05) is 13.8 Å². The summed E-state index contributed by atoms with van der Waals surface area (Å²) in [5.41, 5.74) is 1.13. The number of ether oxygens (including phenoxy) is 1. The maximum Gasteiger partial charge on any atom is 0.108 e. The number of hydrogen-bond acceptors (Lipinski definition) is 3. The fourth-order valence-electron chi connectivity index (χ4n) is 1.25. The number of nitrogens with one attached hydrogen (secondary N) is 2. The van der Waals surface area contributed by atoms with E-state index in [4.69, 9.17) is 4.74 Å². The number of aromatic nitrogens is 2. The molecule has 1 heterocycles. The number of aromatic amines is 1. The van der Waals surface area contributed by atoms with Crippen molar-refractivity contribution < 1.29 is 4.74 Å². The van der Waals surface area contributed by atoms with Crippen LogP contribution < -0.4 is 5.32 Å². The van der Waals surface area contributed by atoms with Crippen LogP contribution in [0.1, 0.15) is 32.3 Å². The van der Waals surface area contributed by atoms with Gasteiger partial charge < -0.3 is 15.0 Å². The summed E-state index contributed by atoms with van der Waals surface area (Å²) in [7, 11) is 0. The van der Waals surface area contributed by atoms with Crippen LogP contribution in [-0.4, -0.2) is 29.2 Å². The molecule has 1 aromatic heterocycles. The minimum absolute atomic E-state index is 0.500. The van der Waals surface area contributed by atoms with Crippen LogP contribution in [0.5, 0.6) is 0 Å². The zero-order valence-electron chi connectivity index (χ0n) is 9.84. The summed E-state index contributed by atoms with van der Waals surface area (Å²) in [5.74, 6) is 1.00. The van der Waals surface area contributed by atoms with E-state index >= 15 is 0 Å². The van der Waals surface area contributed by atoms with Crippen LogP contribution in [0.2, 0.25) is 0 Å². The highest BCUT2D eigenvalue weighted by Crippen LogP contribution is 1.98. The molecule has 0 saturated heterocycles. The van der Waals surface area contributed by atoms with Crippen molar-refractivity contribution in [1.29, 1.82) is 0 Å². The minimum Gasteiger partial charge on any atom is -0.381 e. The standard InChI is InChI=1S/C11H21N3O/c1-4-15-6-5-11-13-8-10(14-11)7-12-9(2)3/h8-9,12H,4-7H2,1-3H3,(H,13,14). The average Bonchev–Trinajstić information content (AvgIpc) is 2.63. The Morgan fingerprint density at radius 1 is 1.53 bits per heavy atom. The van der Waals surface area contributed by atoms with Crippen LogP contribution in [-0.2, 0) is 17.7 Å². The van der Waals surface area contributed by atoms with E-state index in [0.29, 0.717) is 6.04 Å². The molecular formula is C11H21N3O. The second-order valence-corrected chi connectivity index (χ2v) is 3.84. The second-order valence-electron chi connectivity index (χ2n) is 3.84. The monoisotopic (exact) mass is 211 g/mol. The van der Waals surface area contributed by atoms with Crippen molar-refractivity contribution in [2.45, 2.75) is 39.8 Å². The molecule has 1 aromatic rings. The highest BCUT2D eigenvalue weighted by molar-refractivity contribution is 5.01. The molecule has 0 aliphatic heterocycles. The largest absolute Gasteiger partial charge is 0.381 e. The van der Waals surface area contributed by atoms with Gasteiger partial charge >= 0.3 is 0 Å². The molecule has 0 atom stereocenters. The summed E-state index contributed by atoms with van der Waals surface area (Å²) in [5, 5.41) is 3.34. The van der Waals surface area contributed by atoms with E-state index in [2.05, 4.69) is 29.1 Å². The van der Waals surface area contributed by atoms with E-state index in [1.807, 2.05) is 13.1 Å². The van der Waals surface area contributed by atoms with Gasteiger partial charge in [-0.05, 0) is 6.92 Å². The highest BCUT2D eigenvalue weighted by atomic mass is 16.5. The van der Waals surface area contributed by atoms with Crippen molar-refractivity contribution in [2.75, 3.05) is 13.2 Å². The number of imidazole rings is 1. The molecule has 0 unspecified atom stereocenters. The van der Waals surface area contributed by atoms with Crippen molar-refractivity contribution >= 4 is 0 Å². The zero-order chi connectivity index (χ0) is 11.1. The van der Waals surface area contributed by atoms with Crippen LogP contribution in [0.15, 0.2) is 6.20 Å². The highest BCUT2D eigenvalue weighted by Gasteiger charge is 2.01. The fourth-order valence-corrected chi connectivity index (χ4v) is 1.25. The first-order chi connectivity index (χ1) is 7.22. The van der Waals surface area contributed by atoms with E-state index in [1.165, 1.54) is 0 Å². The Morgan fingerprint density at radius 3 is 3.00 bits per heavy atom. The first kappa shape index (κ1) is 12.2. The Labute approximate surface area is 91.4 Å². The molecule has 15 heavy (non-hydrogen) atoms. The van der Waals surface area contributed by atoms with Gasteiger partial charge in [0.1, 0.15) is 5.82 Å². The van der Waals surface area contributed by atoms with E-state index in [1.54, 1.807) is 0 Å². The zero-order valence-corrected chi connectivity index (χ0v) is 9.84. The van der Waals surface area contributed by atoms with Crippen molar-refractivity contribution in [3.05, 3.63) is 17.7 Å². The van der Waals surface area contributed by atoms with Crippen molar-refractivity contribution in [3.63, 3.8) is 0 Å². The molecule has 4 nitrogen and oxygen atoms in total. The molecule has 0 aliphatic carbocycles. The smallest absolute Gasteiger partial charge is 0.108 e. The summed E-state index contributed by atoms with van der Waals surface area (Å²) in [4.78, 5) is 7.56. The summed E-state index contributed by atoms with van der Waals surface area (Å²) in [6, 6.07) is 0.500. The van der Waals surface area contributed by atoms with Gasteiger partial charge in [-0.15, -0.1) is 0 Å². The van der Waals surface area contributed by atoms with Gasteiger partial charge in [-0.25, -0.2) is 4.98 Å². The number of H-pyrrole nitrogens is 1. The first-order valence-electron chi connectivity index (χ1n) is 5.56. The number of nitrogens with zero attached hydrogens (tertiary/aromatic N) is 1. The predicted octanol–water partition coefficient (Wildman–Crippen LogP) is 1.49. The molecule has 0 amide bonds. The van der Waals surface area contributed by atoms with Crippen molar-refractivity contribution in [2.24, 2.45) is 0 Å². The number of hydrogen-bond donors (Lipinski definition) is 2. The summed E-state index contributed by atoms with van der Waals surface area (Å²) >= 11 is 0. The van der Waals surface area contributed by atoms with Crippen molar-refractivity contribution in [3.8, 4) is 0 Å². The lowest BCUT2D eigenvalue weighted by molar-refractivity contribution is 0.149. The lowest BCUT2D eigenvalue weighted by Crippen LogP contribution is -2.21. The van der Waals surface area contributed by atoms with E-state index in [-0.39, 0.29) is 0 Å². The Morgan fingerprint density at radius 2 is 2.33 bits per heavy atom. The third-order valence-electron chi connectivity index (χ3n) is 2.07. The van der Waals surface area contributed by atoms with Gasteiger partial charge in [0.05, 0.1) is 6.61 Å². The summed E-state index contributed by atoms with van der Waals surface area (Å²) in [6.45, 7) is 8.61. The Balaban J connectivity index is 2.29. The van der Waals surface area contributed by atoms with Crippen LogP contribution in [0.3, 0.4) is 0 Å². The molecule has 0 bridgehead atoms. The average molecular weight is 211 g/mol. The molecular weight excluding hydrogens is 190 g/mol. The van der Waals surface area contributed by atoms with E-state index < -0.39 is 0 Å². The quantitative estimate of drug-likeness (QED) is 0.672. The molecule has 2 N–H and O–H groups in total. The number of rotatable bonds is 7. The third-order valence-corrected chi connectivity index (χ3v) is 2.07. The molecule has 0 saturated carbocycles. The lowest BCUT2D eigenvalue weighted by Gasteiger charge is -2.05. The van der Waals surface area contributed by atoms with E-state index in [9.17, 15) is 0 Å². The third kappa shape index (κ3) is 4.95. The van der Waals surface area contributed by atoms with Crippen LogP contribution in [0.4, 0.5) is 0 Å². The maximum absolute atomic E-state index is 5.27. The molecule has 0 aliphatic rings. The van der Waals surface area contributed by atoms with Crippen LogP contribution in [0, 0.1) is 0 Å². The first-order valence-corrected chi connectivity index (χ1v) is 5.56. The van der Waals surface area contributed by atoms with Crippen LogP contribution in [0.25, 0.3) is 0 Å². The molecule has 1 rings (SSSR count). The SMILES string of the molecule is CCOCCc1ncc(CNC(C)C)[nH]1. The van der Waals surface area contributed by atoms with Crippen molar-refractivity contribution in [1.82, 2.24) is 15.3 Å². The molecule has 0 radical (unpaired) electrons. The second kappa shape index (κ2) is 6.58. The van der Waals surface area contributed by atoms with Crippen LogP contribution >= 0.6 is 0 Å². The molecule has 0 spiro atoms. The Bertz CT molecular complexity index is 271. The minimum atomic E-state index is 0.500. The maximum atomic E-state index is 5.27. The van der Waals surface area contributed by atoms with Gasteiger partial charge in [0.25, 0.3) is 0 Å². The van der Waals surface area contributed by atoms with Gasteiger partial charge in [0.2, 0.25) is 0 Å². The summed E-state index contributed by atoms with van der Waals surface area (Å²) in [6.07, 6.45) is 2.74. The molecule has 86 valence electrons. The van der Waals surface area contributed by atoms with E-state index in [0.717, 1.165) is 37.7 Å². The topological polar surface area (TPSA) is 49.9 Å². The molecule has 0 fully saturated rings.